The maximum atomic E-state index is 13.2. The van der Waals surface area contributed by atoms with Crippen LogP contribution in [0.25, 0.3) is 0 Å². The first kappa shape index (κ1) is 30.6. The Morgan fingerprint density at radius 1 is 1.11 bits per heavy atom. The maximum Gasteiger partial charge on any atom is 0.407 e. The summed E-state index contributed by atoms with van der Waals surface area (Å²) in [6.07, 6.45) is 2.20. The van der Waals surface area contributed by atoms with Gasteiger partial charge in [0.2, 0.25) is 5.91 Å². The van der Waals surface area contributed by atoms with Crippen LogP contribution in [0.5, 0.6) is 0 Å². The summed E-state index contributed by atoms with van der Waals surface area (Å²) in [5.74, 6) is -0.556. The molecule has 1 aliphatic rings. The van der Waals surface area contributed by atoms with Crippen molar-refractivity contribution in [2.75, 3.05) is 23.8 Å². The van der Waals surface area contributed by atoms with Gasteiger partial charge in [0.25, 0.3) is 5.69 Å². The average Bonchev–Trinajstić information content (AvgIpc) is 2.75. The van der Waals surface area contributed by atoms with Crippen LogP contribution >= 0.6 is 0 Å². The molecule has 1 fully saturated rings. The molecule has 2 amide bonds. The minimum absolute atomic E-state index is 0.0929. The Morgan fingerprint density at radius 3 is 2.38 bits per heavy atom. The number of nitrogens with zero attached hydrogens (tertiary/aromatic N) is 1. The van der Waals surface area contributed by atoms with Gasteiger partial charge in [0.15, 0.2) is 8.32 Å². The molecule has 0 saturated heterocycles. The number of hydrogen-bond donors (Lipinski definition) is 3. The quantitative estimate of drug-likeness (QED) is 0.151. The number of non-ortho nitro benzene ring substituents is 1. The smallest absolute Gasteiger partial charge is 0.407 e. The van der Waals surface area contributed by atoms with Crippen LogP contribution in [0.1, 0.15) is 67.2 Å². The molecule has 1 aromatic rings. The van der Waals surface area contributed by atoms with Crippen molar-refractivity contribution in [3.8, 4) is 0 Å². The highest BCUT2D eigenvalue weighted by molar-refractivity contribution is 6.74. The highest BCUT2D eigenvalue weighted by atomic mass is 28.4. The van der Waals surface area contributed by atoms with Gasteiger partial charge in [-0.2, -0.15) is 0 Å². The first-order valence-electron chi connectivity index (χ1n) is 12.9. The molecule has 0 radical (unpaired) electrons. The van der Waals surface area contributed by atoms with Gasteiger partial charge in [0.1, 0.15) is 5.60 Å². The minimum atomic E-state index is -1.90. The predicted octanol–water partition coefficient (Wildman–Crippen LogP) is 6.05. The number of amides is 2. The van der Waals surface area contributed by atoms with Crippen LogP contribution in [-0.4, -0.2) is 50.0 Å². The fourth-order valence-electron chi connectivity index (χ4n) is 3.88. The lowest BCUT2D eigenvalue weighted by Crippen LogP contribution is -2.43. The first-order chi connectivity index (χ1) is 17.0. The number of nitrogens with one attached hydrogen (secondary N) is 3. The lowest BCUT2D eigenvalue weighted by Gasteiger charge is -2.36. The van der Waals surface area contributed by atoms with E-state index in [0.717, 1.165) is 12.8 Å². The molecule has 1 aliphatic carbocycles. The average molecular weight is 537 g/mol. The number of benzene rings is 1. The van der Waals surface area contributed by atoms with Gasteiger partial charge in [0, 0.05) is 30.6 Å². The van der Waals surface area contributed by atoms with Crippen molar-refractivity contribution in [1.29, 1.82) is 0 Å². The fraction of sp³-hybridized carbons (Fsp3) is 0.692. The molecule has 37 heavy (non-hydrogen) atoms. The Hall–Kier alpha value is -2.66. The van der Waals surface area contributed by atoms with Crippen molar-refractivity contribution >= 4 is 37.4 Å². The monoisotopic (exact) mass is 536 g/mol. The number of carbonyl (C=O) groups is 2. The summed E-state index contributed by atoms with van der Waals surface area (Å²) in [7, 11) is -1.90. The molecule has 208 valence electrons. The first-order valence-corrected chi connectivity index (χ1v) is 15.9. The zero-order chi connectivity index (χ0) is 28.0. The summed E-state index contributed by atoms with van der Waals surface area (Å²) < 4.78 is 11.5. The van der Waals surface area contributed by atoms with Gasteiger partial charge in [-0.3, -0.25) is 14.9 Å². The number of alkyl carbamates (subject to hydrolysis) is 1. The van der Waals surface area contributed by atoms with Crippen LogP contribution in [0.4, 0.5) is 21.9 Å². The molecule has 1 aromatic carbocycles. The second-order valence-electron chi connectivity index (χ2n) is 12.2. The summed E-state index contributed by atoms with van der Waals surface area (Å²) in [6, 6.07) is 4.21. The van der Waals surface area contributed by atoms with E-state index in [1.807, 2.05) is 0 Å². The minimum Gasteiger partial charge on any atom is -0.444 e. The Balaban J connectivity index is 2.05. The second-order valence-corrected chi connectivity index (χ2v) is 17.0. The highest BCUT2D eigenvalue weighted by Crippen LogP contribution is 2.36. The van der Waals surface area contributed by atoms with E-state index in [-0.39, 0.29) is 28.6 Å². The summed E-state index contributed by atoms with van der Waals surface area (Å²) in [4.78, 5) is 36.2. The standard InChI is InChI=1S/C26H44N4O6Si/c1-25(2,3)36-24(32)28-19-11-9-10-18(16-19)23(31)29-22-17-20(30(33)34)12-13-21(22)27-14-15-35-37(7,8)26(4,5)6/h12-13,17-19,27H,9-11,14-16H2,1-8H3,(H,28,32)(H,29,31)/t18-,19+/m1/s1. The van der Waals surface area contributed by atoms with Crippen molar-refractivity contribution < 1.29 is 23.7 Å². The van der Waals surface area contributed by atoms with E-state index in [2.05, 4.69) is 49.8 Å². The van der Waals surface area contributed by atoms with Crippen molar-refractivity contribution in [3.63, 3.8) is 0 Å². The van der Waals surface area contributed by atoms with E-state index in [1.165, 1.54) is 12.1 Å². The zero-order valence-electron chi connectivity index (χ0n) is 23.5. The van der Waals surface area contributed by atoms with Gasteiger partial charge in [-0.25, -0.2) is 4.79 Å². The van der Waals surface area contributed by atoms with E-state index < -0.39 is 24.9 Å². The largest absolute Gasteiger partial charge is 0.444 e. The number of nitro benzene ring substituents is 1. The third-order valence-electron chi connectivity index (χ3n) is 6.92. The fourth-order valence-corrected chi connectivity index (χ4v) is 4.93. The van der Waals surface area contributed by atoms with E-state index in [1.54, 1.807) is 26.8 Å². The molecule has 1 saturated carbocycles. The van der Waals surface area contributed by atoms with E-state index in [4.69, 9.17) is 9.16 Å². The molecule has 3 N–H and O–H groups in total. The van der Waals surface area contributed by atoms with E-state index >= 15 is 0 Å². The Labute approximate surface area is 221 Å². The summed E-state index contributed by atoms with van der Waals surface area (Å²) in [6.45, 7) is 17.3. The third-order valence-corrected chi connectivity index (χ3v) is 11.5. The van der Waals surface area contributed by atoms with Crippen LogP contribution in [-0.2, 0) is 14.0 Å². The lowest BCUT2D eigenvalue weighted by molar-refractivity contribution is -0.384. The van der Waals surface area contributed by atoms with Crippen molar-refractivity contribution in [2.24, 2.45) is 5.92 Å². The normalized spacial score (nSPS) is 18.6. The van der Waals surface area contributed by atoms with Gasteiger partial charge < -0.3 is 25.1 Å². The Morgan fingerprint density at radius 2 is 1.78 bits per heavy atom. The molecule has 0 aliphatic heterocycles. The van der Waals surface area contributed by atoms with Gasteiger partial charge in [-0.1, -0.05) is 27.2 Å². The summed E-state index contributed by atoms with van der Waals surface area (Å²) in [5.41, 5.74) is 0.244. The topological polar surface area (TPSA) is 132 Å². The summed E-state index contributed by atoms with van der Waals surface area (Å²) >= 11 is 0. The summed E-state index contributed by atoms with van der Waals surface area (Å²) in [5, 5.41) is 20.5. The van der Waals surface area contributed by atoms with Crippen LogP contribution < -0.4 is 16.0 Å². The molecule has 0 heterocycles. The molecule has 0 spiro atoms. The molecule has 10 nitrogen and oxygen atoms in total. The van der Waals surface area contributed by atoms with Gasteiger partial charge in [0.05, 0.1) is 22.9 Å². The molecule has 0 aromatic heterocycles. The zero-order valence-corrected chi connectivity index (χ0v) is 24.5. The van der Waals surface area contributed by atoms with Crippen molar-refractivity contribution in [3.05, 3.63) is 28.3 Å². The van der Waals surface area contributed by atoms with E-state index in [9.17, 15) is 19.7 Å². The second kappa shape index (κ2) is 12.3. The maximum absolute atomic E-state index is 13.2. The SMILES string of the molecule is CC(C)(C)OC(=O)N[C@H]1CCC[C@@H](C(=O)Nc2cc([N+](=O)[O-])ccc2NCCO[Si](C)(C)C(C)(C)C)C1. The van der Waals surface area contributed by atoms with Crippen molar-refractivity contribution in [1.82, 2.24) is 5.32 Å². The molecule has 11 heteroatoms. The molecule has 2 atom stereocenters. The van der Waals surface area contributed by atoms with Crippen LogP contribution in [0.15, 0.2) is 18.2 Å². The van der Waals surface area contributed by atoms with Crippen LogP contribution in [0.2, 0.25) is 18.1 Å². The molecular formula is C26H44N4O6Si. The van der Waals surface area contributed by atoms with Crippen molar-refractivity contribution in [2.45, 2.75) is 97.0 Å². The number of ether oxygens (including phenoxy) is 1. The van der Waals surface area contributed by atoms with Crippen LogP contribution in [0.3, 0.4) is 0 Å². The predicted molar refractivity (Wildman–Crippen MR) is 148 cm³/mol. The molecule has 0 bridgehead atoms. The molecule has 0 unspecified atom stereocenters. The number of hydrogen-bond acceptors (Lipinski definition) is 7. The number of carbonyl (C=O) groups excluding carboxylic acids is 2. The number of nitro groups is 1. The third kappa shape index (κ3) is 9.62. The number of anilines is 2. The van der Waals surface area contributed by atoms with Crippen LogP contribution in [0, 0.1) is 16.0 Å². The van der Waals surface area contributed by atoms with E-state index in [0.29, 0.717) is 37.4 Å². The molecule has 2 rings (SSSR count). The molecular weight excluding hydrogens is 492 g/mol. The Kier molecular flexibility index (Phi) is 10.1. The van der Waals surface area contributed by atoms with Gasteiger partial charge >= 0.3 is 6.09 Å². The lowest BCUT2D eigenvalue weighted by atomic mass is 9.85. The highest BCUT2D eigenvalue weighted by Gasteiger charge is 2.37. The number of rotatable bonds is 9. The Bertz CT molecular complexity index is 971. The van der Waals surface area contributed by atoms with Gasteiger partial charge in [-0.15, -0.1) is 0 Å². The van der Waals surface area contributed by atoms with Gasteiger partial charge in [-0.05, 0) is 64.2 Å².